The number of carbonyl (C=O) groups excluding carboxylic acids is 1. The van der Waals surface area contributed by atoms with Crippen molar-refractivity contribution in [1.29, 1.82) is 0 Å². The van der Waals surface area contributed by atoms with Gasteiger partial charge < -0.3 is 9.15 Å². The van der Waals surface area contributed by atoms with Crippen LogP contribution in [0.25, 0.3) is 0 Å². The predicted octanol–water partition coefficient (Wildman–Crippen LogP) is 4.13. The van der Waals surface area contributed by atoms with Gasteiger partial charge in [0, 0.05) is 6.42 Å². The Morgan fingerprint density at radius 2 is 1.85 bits per heavy atom. The summed E-state index contributed by atoms with van der Waals surface area (Å²) in [5.41, 5.74) is 1.16. The minimum Gasteiger partial charge on any atom is -0.465 e. The van der Waals surface area contributed by atoms with E-state index in [4.69, 9.17) is 9.15 Å². The van der Waals surface area contributed by atoms with Gasteiger partial charge in [-0.05, 0) is 39.3 Å². The van der Waals surface area contributed by atoms with Gasteiger partial charge in [-0.2, -0.15) is 0 Å². The van der Waals surface area contributed by atoms with Gasteiger partial charge in [0.15, 0.2) is 0 Å². The highest BCUT2D eigenvalue weighted by molar-refractivity contribution is 5.90. The molecule has 0 fully saturated rings. The van der Waals surface area contributed by atoms with Gasteiger partial charge in [0.2, 0.25) is 0 Å². The van der Waals surface area contributed by atoms with Crippen molar-refractivity contribution in [3.05, 3.63) is 59.0 Å². The van der Waals surface area contributed by atoms with Crippen LogP contribution in [0.5, 0.6) is 0 Å². The molecule has 0 amide bonds. The van der Waals surface area contributed by atoms with Crippen molar-refractivity contribution >= 4 is 5.97 Å². The average Bonchev–Trinajstić information content (AvgIpc) is 2.69. The van der Waals surface area contributed by atoms with Crippen LogP contribution >= 0.6 is 0 Å². The van der Waals surface area contributed by atoms with E-state index >= 15 is 0 Å². The third-order valence-electron chi connectivity index (χ3n) is 2.81. The number of hydrogen-bond donors (Lipinski definition) is 0. The number of furan rings is 1. The molecule has 0 aliphatic rings. The highest BCUT2D eigenvalue weighted by atomic mass is 16.6. The van der Waals surface area contributed by atoms with Crippen LogP contribution in [0, 0.1) is 6.92 Å². The number of aryl methyl sites for hydroxylation is 1. The summed E-state index contributed by atoms with van der Waals surface area (Å²) in [6.45, 7) is 7.34. The van der Waals surface area contributed by atoms with Gasteiger partial charge >= 0.3 is 5.97 Å². The summed E-state index contributed by atoms with van der Waals surface area (Å²) in [4.78, 5) is 12.1. The van der Waals surface area contributed by atoms with Crippen LogP contribution in [-0.2, 0) is 11.2 Å². The van der Waals surface area contributed by atoms with E-state index in [2.05, 4.69) is 0 Å². The summed E-state index contributed by atoms with van der Waals surface area (Å²) >= 11 is 0. The minimum atomic E-state index is -0.500. The lowest BCUT2D eigenvalue weighted by Gasteiger charge is -2.18. The Morgan fingerprint density at radius 3 is 2.45 bits per heavy atom. The fourth-order valence-electron chi connectivity index (χ4n) is 1.96. The first-order chi connectivity index (χ1) is 9.35. The molecule has 106 valence electrons. The maximum absolute atomic E-state index is 12.1. The van der Waals surface area contributed by atoms with E-state index in [-0.39, 0.29) is 5.97 Å². The zero-order chi connectivity index (χ0) is 14.8. The summed E-state index contributed by atoms with van der Waals surface area (Å²) in [6, 6.07) is 11.8. The SMILES string of the molecule is Cc1oc(Cc2ccccc2)cc1C(=O)OC(C)(C)C. The van der Waals surface area contributed by atoms with Crippen LogP contribution in [0.4, 0.5) is 0 Å². The molecule has 0 N–H and O–H groups in total. The molecule has 0 radical (unpaired) electrons. The van der Waals surface area contributed by atoms with E-state index in [1.807, 2.05) is 51.1 Å². The van der Waals surface area contributed by atoms with Crippen LogP contribution in [0.15, 0.2) is 40.8 Å². The van der Waals surface area contributed by atoms with Gasteiger partial charge in [0.25, 0.3) is 0 Å². The van der Waals surface area contributed by atoms with Gasteiger partial charge in [-0.1, -0.05) is 30.3 Å². The molecule has 2 aromatic rings. The Hall–Kier alpha value is -2.03. The van der Waals surface area contributed by atoms with E-state index in [1.165, 1.54) is 0 Å². The number of esters is 1. The van der Waals surface area contributed by atoms with Crippen molar-refractivity contribution in [2.75, 3.05) is 0 Å². The van der Waals surface area contributed by atoms with Crippen molar-refractivity contribution in [2.24, 2.45) is 0 Å². The highest BCUT2D eigenvalue weighted by Crippen LogP contribution is 2.21. The molecule has 20 heavy (non-hydrogen) atoms. The second kappa shape index (κ2) is 5.53. The van der Waals surface area contributed by atoms with Crippen molar-refractivity contribution in [1.82, 2.24) is 0 Å². The topological polar surface area (TPSA) is 39.4 Å². The van der Waals surface area contributed by atoms with Crippen molar-refractivity contribution in [2.45, 2.75) is 39.7 Å². The lowest BCUT2D eigenvalue weighted by Crippen LogP contribution is -2.23. The summed E-state index contributed by atoms with van der Waals surface area (Å²) in [5.74, 6) is 1.04. The smallest absolute Gasteiger partial charge is 0.342 e. The number of rotatable bonds is 3. The second-order valence-electron chi connectivity index (χ2n) is 5.85. The molecule has 0 aliphatic carbocycles. The quantitative estimate of drug-likeness (QED) is 0.788. The fourth-order valence-corrected chi connectivity index (χ4v) is 1.96. The largest absolute Gasteiger partial charge is 0.465 e. The van der Waals surface area contributed by atoms with E-state index < -0.39 is 5.60 Å². The number of carbonyl (C=O) groups is 1. The summed E-state index contributed by atoms with van der Waals surface area (Å²) in [6.07, 6.45) is 0.671. The lowest BCUT2D eigenvalue weighted by molar-refractivity contribution is 0.00678. The van der Waals surface area contributed by atoms with Crippen LogP contribution in [0.1, 0.15) is 48.2 Å². The monoisotopic (exact) mass is 272 g/mol. The number of ether oxygens (including phenoxy) is 1. The third-order valence-corrected chi connectivity index (χ3v) is 2.81. The molecule has 0 bridgehead atoms. The Kier molecular flexibility index (Phi) is 3.98. The molecular weight excluding hydrogens is 252 g/mol. The van der Waals surface area contributed by atoms with E-state index in [1.54, 1.807) is 13.0 Å². The van der Waals surface area contributed by atoms with Gasteiger partial charge in [-0.15, -0.1) is 0 Å². The predicted molar refractivity (Wildman–Crippen MR) is 77.9 cm³/mol. The van der Waals surface area contributed by atoms with Crippen molar-refractivity contribution in [3.63, 3.8) is 0 Å². The maximum atomic E-state index is 12.1. The van der Waals surface area contributed by atoms with Crippen molar-refractivity contribution in [3.8, 4) is 0 Å². The van der Waals surface area contributed by atoms with E-state index in [0.29, 0.717) is 17.7 Å². The Balaban J connectivity index is 2.15. The summed E-state index contributed by atoms with van der Waals surface area (Å²) in [5, 5.41) is 0. The number of hydrogen-bond acceptors (Lipinski definition) is 3. The minimum absolute atomic E-state index is 0.335. The lowest BCUT2D eigenvalue weighted by atomic mass is 10.1. The van der Waals surface area contributed by atoms with Crippen LogP contribution in [-0.4, -0.2) is 11.6 Å². The Labute approximate surface area is 119 Å². The normalized spacial score (nSPS) is 11.4. The molecule has 0 spiro atoms. The molecule has 0 saturated heterocycles. The maximum Gasteiger partial charge on any atom is 0.342 e. The zero-order valence-corrected chi connectivity index (χ0v) is 12.4. The molecule has 3 heteroatoms. The second-order valence-corrected chi connectivity index (χ2v) is 5.85. The van der Waals surface area contributed by atoms with Gasteiger partial charge in [0.05, 0.1) is 0 Å². The van der Waals surface area contributed by atoms with Crippen LogP contribution in [0.2, 0.25) is 0 Å². The standard InChI is InChI=1S/C17H20O3/c1-12-15(16(18)20-17(2,3)4)11-14(19-12)10-13-8-6-5-7-9-13/h5-9,11H,10H2,1-4H3. The van der Waals surface area contributed by atoms with Gasteiger partial charge in [-0.25, -0.2) is 4.79 Å². The van der Waals surface area contributed by atoms with Gasteiger partial charge in [0.1, 0.15) is 22.7 Å². The van der Waals surface area contributed by atoms with E-state index in [9.17, 15) is 4.79 Å². The van der Waals surface area contributed by atoms with Crippen LogP contribution in [0.3, 0.4) is 0 Å². The first kappa shape index (κ1) is 14.4. The molecular formula is C17H20O3. The third kappa shape index (κ3) is 3.73. The van der Waals surface area contributed by atoms with E-state index in [0.717, 1.165) is 11.3 Å². The summed E-state index contributed by atoms with van der Waals surface area (Å²) in [7, 11) is 0. The molecule has 0 aliphatic heterocycles. The zero-order valence-electron chi connectivity index (χ0n) is 12.4. The number of benzene rings is 1. The molecule has 0 unspecified atom stereocenters. The molecule has 0 atom stereocenters. The fraction of sp³-hybridized carbons (Fsp3) is 0.353. The molecule has 0 saturated carbocycles. The van der Waals surface area contributed by atoms with Crippen LogP contribution < -0.4 is 0 Å². The molecule has 3 nitrogen and oxygen atoms in total. The molecule has 1 aromatic heterocycles. The Morgan fingerprint density at radius 1 is 1.20 bits per heavy atom. The molecule has 1 aromatic carbocycles. The van der Waals surface area contributed by atoms with Gasteiger partial charge in [-0.3, -0.25) is 0 Å². The first-order valence-electron chi connectivity index (χ1n) is 6.72. The summed E-state index contributed by atoms with van der Waals surface area (Å²) < 4.78 is 11.0. The average molecular weight is 272 g/mol. The molecule has 2 rings (SSSR count). The molecule has 1 heterocycles. The Bertz CT molecular complexity index is 588. The highest BCUT2D eigenvalue weighted by Gasteiger charge is 2.22. The van der Waals surface area contributed by atoms with Crippen molar-refractivity contribution < 1.29 is 13.9 Å². The first-order valence-corrected chi connectivity index (χ1v) is 6.72.